The van der Waals surface area contributed by atoms with Crippen LogP contribution >= 0.6 is 0 Å². The Kier molecular flexibility index (Phi) is 6.87. The average molecular weight is 608 g/mol. The molecule has 0 saturated heterocycles. The van der Waals surface area contributed by atoms with Gasteiger partial charge in [0.2, 0.25) is 11.8 Å². The minimum atomic E-state index is -1.25. The number of hydrogen-bond donors (Lipinski definition) is 3. The number of ether oxygens (including phenoxy) is 2. The molecule has 4 atom stereocenters. The van der Waals surface area contributed by atoms with Gasteiger partial charge in [-0.2, -0.15) is 0 Å². The molecule has 0 fully saturated rings. The van der Waals surface area contributed by atoms with Gasteiger partial charge in [-0.1, -0.05) is 74.5 Å². The molecule has 0 radical (unpaired) electrons. The fourth-order valence-electron chi connectivity index (χ4n) is 6.79. The summed E-state index contributed by atoms with van der Waals surface area (Å²) in [5.41, 5.74) is 3.56. The fourth-order valence-corrected chi connectivity index (χ4v) is 6.79. The Balaban J connectivity index is 1.36. The molecule has 3 aliphatic rings. The van der Waals surface area contributed by atoms with Gasteiger partial charge in [0.25, 0.3) is 0 Å². The van der Waals surface area contributed by atoms with Gasteiger partial charge in [-0.25, -0.2) is 9.78 Å². The van der Waals surface area contributed by atoms with Crippen LogP contribution in [-0.4, -0.2) is 34.2 Å². The molecule has 3 aliphatic heterocycles. The largest absolute Gasteiger partial charge is 0.476 e. The van der Waals surface area contributed by atoms with Gasteiger partial charge in [0.1, 0.15) is 23.8 Å². The van der Waals surface area contributed by atoms with Crippen LogP contribution in [0, 0.1) is 18.8 Å². The van der Waals surface area contributed by atoms with Crippen LogP contribution in [0.4, 0.5) is 5.69 Å². The number of carbonyl (C=O) groups excluding carboxylic acids is 2. The number of carbonyl (C=O) groups is 3. The lowest BCUT2D eigenvalue weighted by Gasteiger charge is -2.28. The van der Waals surface area contributed by atoms with Crippen molar-refractivity contribution in [2.24, 2.45) is 11.8 Å². The Morgan fingerprint density at radius 1 is 1.07 bits per heavy atom. The molecular formula is C35H33N3O7. The number of nitrogens with one attached hydrogen (secondary N) is 2. The zero-order valence-electron chi connectivity index (χ0n) is 25.1. The molecule has 4 aromatic rings. The predicted molar refractivity (Wildman–Crippen MR) is 163 cm³/mol. The molecule has 0 saturated carbocycles. The smallest absolute Gasteiger partial charge is 0.358 e. The van der Waals surface area contributed by atoms with E-state index in [2.05, 4.69) is 15.6 Å². The van der Waals surface area contributed by atoms with Crippen LogP contribution in [0.25, 0.3) is 0 Å². The highest BCUT2D eigenvalue weighted by molar-refractivity contribution is 5.89. The molecule has 4 bridgehead atoms. The highest BCUT2D eigenvalue weighted by atomic mass is 16.5. The van der Waals surface area contributed by atoms with Crippen molar-refractivity contribution < 1.29 is 33.4 Å². The molecule has 1 amide bonds. The maximum Gasteiger partial charge on any atom is 0.358 e. The number of carboxylic acids is 1. The van der Waals surface area contributed by atoms with E-state index in [0.717, 1.165) is 27.9 Å². The molecule has 0 aliphatic carbocycles. The Bertz CT molecular complexity index is 1830. The number of rotatable bonds is 6. The van der Waals surface area contributed by atoms with Gasteiger partial charge in [-0.3, -0.25) is 9.59 Å². The summed E-state index contributed by atoms with van der Waals surface area (Å²) in [6, 6.07) is 20.1. The third-order valence-corrected chi connectivity index (χ3v) is 9.02. The third-order valence-electron chi connectivity index (χ3n) is 9.02. The minimum absolute atomic E-state index is 0.0792. The maximum atomic E-state index is 13.9. The number of hydrogen-bond acceptors (Lipinski definition) is 8. The first-order valence-corrected chi connectivity index (χ1v) is 15.1. The molecule has 1 unspecified atom stereocenters. The quantitative estimate of drug-likeness (QED) is 0.250. The molecule has 10 nitrogen and oxygen atoms in total. The summed E-state index contributed by atoms with van der Waals surface area (Å²) in [6.45, 7) is 5.86. The first-order chi connectivity index (χ1) is 21.7. The molecule has 1 spiro atoms. The standard InChI is InChI=1S/C35H33N3O7/c1-18(2)27-32-37-29(33(41)42)30(45-32)35-23-11-7-8-19(3)28(23)38-34(35)44-25-13-12-21(15-24(25)35)14-22(31(40)36-27)16-26(39)43-17-20-9-5-4-6-10-20/h4-13,15,18,22,27,34,38H,14,16-17H2,1-3H3,(H,36,40)(H,41,42)/t22-,27+,34+,35?/m1/s1. The highest BCUT2D eigenvalue weighted by Crippen LogP contribution is 2.59. The summed E-state index contributed by atoms with van der Waals surface area (Å²) >= 11 is 0. The number of esters is 1. The van der Waals surface area contributed by atoms with Gasteiger partial charge < -0.3 is 29.6 Å². The minimum Gasteiger partial charge on any atom is -0.476 e. The molecule has 1 aromatic heterocycles. The number of nitrogens with zero attached hydrogens (tertiary/aromatic N) is 1. The second-order valence-electron chi connectivity index (χ2n) is 12.3. The average Bonchev–Trinajstić information content (AvgIpc) is 3.68. The van der Waals surface area contributed by atoms with Crippen molar-refractivity contribution in [2.75, 3.05) is 5.32 Å². The van der Waals surface area contributed by atoms with Crippen molar-refractivity contribution in [3.05, 3.63) is 112 Å². The van der Waals surface area contributed by atoms with E-state index in [0.29, 0.717) is 11.3 Å². The van der Waals surface area contributed by atoms with E-state index >= 15 is 0 Å². The first-order valence-electron chi connectivity index (χ1n) is 15.1. The van der Waals surface area contributed by atoms with E-state index in [1.807, 2.05) is 87.5 Å². The number of amides is 1. The van der Waals surface area contributed by atoms with Gasteiger partial charge >= 0.3 is 11.9 Å². The molecule has 7 rings (SSSR count). The van der Waals surface area contributed by atoms with Gasteiger partial charge in [0.05, 0.1) is 12.3 Å². The zero-order chi connectivity index (χ0) is 31.5. The lowest BCUT2D eigenvalue weighted by atomic mass is 9.72. The SMILES string of the molecule is Cc1cccc2c1N[C@H]1Oc3ccc4cc3C21c1oc(nc1C(=O)O)[C@H](C(C)C)NC(=O)[C@@H](CC(=O)OCc1ccccc1)C4. The zero-order valence-corrected chi connectivity index (χ0v) is 25.1. The van der Waals surface area contributed by atoms with Gasteiger partial charge in [0, 0.05) is 11.3 Å². The highest BCUT2D eigenvalue weighted by Gasteiger charge is 2.61. The monoisotopic (exact) mass is 607 g/mol. The number of para-hydroxylation sites is 1. The number of fused-ring (bicyclic) bond motifs is 4. The van der Waals surface area contributed by atoms with Crippen molar-refractivity contribution in [3.8, 4) is 5.75 Å². The summed E-state index contributed by atoms with van der Waals surface area (Å²) in [5, 5.41) is 16.9. The van der Waals surface area contributed by atoms with Crippen molar-refractivity contribution >= 4 is 23.5 Å². The Morgan fingerprint density at radius 2 is 1.87 bits per heavy atom. The maximum absolute atomic E-state index is 13.9. The van der Waals surface area contributed by atoms with Crippen molar-refractivity contribution in [3.63, 3.8) is 0 Å². The van der Waals surface area contributed by atoms with E-state index in [9.17, 15) is 19.5 Å². The lowest BCUT2D eigenvalue weighted by Crippen LogP contribution is -2.41. The van der Waals surface area contributed by atoms with Crippen LogP contribution in [0.5, 0.6) is 5.75 Å². The molecule has 3 N–H and O–H groups in total. The van der Waals surface area contributed by atoms with Crippen molar-refractivity contribution in [1.82, 2.24) is 10.3 Å². The van der Waals surface area contributed by atoms with Crippen LogP contribution < -0.4 is 15.4 Å². The molecule has 4 heterocycles. The Hall–Kier alpha value is -5.12. The van der Waals surface area contributed by atoms with E-state index in [1.165, 1.54) is 0 Å². The van der Waals surface area contributed by atoms with Gasteiger partial charge in [-0.05, 0) is 47.6 Å². The van der Waals surface area contributed by atoms with E-state index in [1.54, 1.807) is 0 Å². The van der Waals surface area contributed by atoms with Crippen LogP contribution in [0.1, 0.15) is 76.3 Å². The van der Waals surface area contributed by atoms with Crippen LogP contribution in [0.3, 0.4) is 0 Å². The van der Waals surface area contributed by atoms with Crippen LogP contribution in [-0.2, 0) is 32.8 Å². The van der Waals surface area contributed by atoms with Crippen LogP contribution in [0.15, 0.2) is 71.1 Å². The summed E-state index contributed by atoms with van der Waals surface area (Å²) < 4.78 is 18.5. The van der Waals surface area contributed by atoms with Gasteiger partial charge in [-0.15, -0.1) is 0 Å². The van der Waals surface area contributed by atoms with Crippen molar-refractivity contribution in [1.29, 1.82) is 0 Å². The predicted octanol–water partition coefficient (Wildman–Crippen LogP) is 5.28. The number of anilines is 1. The summed E-state index contributed by atoms with van der Waals surface area (Å²) in [7, 11) is 0. The number of carboxylic acid groups (broad SMARTS) is 1. The first kappa shape index (κ1) is 28.6. The molecule has 10 heteroatoms. The Labute approximate surface area is 259 Å². The number of aryl methyl sites for hydroxylation is 1. The number of benzene rings is 3. The van der Waals surface area contributed by atoms with E-state index < -0.39 is 35.5 Å². The number of aromatic carboxylic acids is 1. The second-order valence-corrected chi connectivity index (χ2v) is 12.3. The summed E-state index contributed by atoms with van der Waals surface area (Å²) in [4.78, 5) is 44.2. The van der Waals surface area contributed by atoms with Crippen LogP contribution in [0.2, 0.25) is 0 Å². The molecule has 3 aromatic carbocycles. The Morgan fingerprint density at radius 3 is 2.62 bits per heavy atom. The third kappa shape index (κ3) is 4.63. The topological polar surface area (TPSA) is 140 Å². The molecule has 230 valence electrons. The fraction of sp³-hybridized carbons (Fsp3) is 0.314. The van der Waals surface area contributed by atoms with Gasteiger partial charge in [0.15, 0.2) is 17.7 Å². The van der Waals surface area contributed by atoms with Crippen molar-refractivity contribution in [2.45, 2.75) is 57.9 Å². The number of oxazole rings is 1. The molecule has 45 heavy (non-hydrogen) atoms. The molecular weight excluding hydrogens is 574 g/mol. The lowest BCUT2D eigenvalue weighted by molar-refractivity contribution is -0.148. The summed E-state index contributed by atoms with van der Waals surface area (Å²) in [5.74, 6) is -2.32. The normalized spacial score (nSPS) is 22.7. The van der Waals surface area contributed by atoms with E-state index in [-0.39, 0.29) is 48.6 Å². The summed E-state index contributed by atoms with van der Waals surface area (Å²) in [6.07, 6.45) is -0.597. The van der Waals surface area contributed by atoms with E-state index in [4.69, 9.17) is 13.9 Å². The second kappa shape index (κ2) is 10.8. The number of aromatic nitrogens is 1.